The lowest BCUT2D eigenvalue weighted by molar-refractivity contribution is 1.07. The van der Waals surface area contributed by atoms with Gasteiger partial charge in [-0.15, -0.1) is 5.92 Å². The Balaban J connectivity index is 2.56. The molecule has 0 spiro atoms. The summed E-state index contributed by atoms with van der Waals surface area (Å²) in [5.74, 6) is 6.02. The molecule has 68 valence electrons. The van der Waals surface area contributed by atoms with Crippen LogP contribution in [-0.2, 0) is 0 Å². The lowest BCUT2D eigenvalue weighted by Gasteiger charge is -2.04. The highest BCUT2D eigenvalue weighted by Crippen LogP contribution is 2.13. The van der Waals surface area contributed by atoms with Crippen LogP contribution in [-0.4, -0.2) is 4.57 Å². The Hall–Kier alpha value is -1.94. The van der Waals surface area contributed by atoms with E-state index in [-0.39, 0.29) is 0 Å². The Morgan fingerprint density at radius 2 is 1.71 bits per heavy atom. The van der Waals surface area contributed by atoms with E-state index in [0.29, 0.717) is 0 Å². The second kappa shape index (κ2) is 3.85. The van der Waals surface area contributed by atoms with E-state index in [4.69, 9.17) is 0 Å². The molecule has 0 radical (unpaired) electrons. The van der Waals surface area contributed by atoms with Crippen molar-refractivity contribution in [3.63, 3.8) is 0 Å². The normalized spacial score (nSPS) is 9.21. The lowest BCUT2D eigenvalue weighted by atomic mass is 10.2. The molecule has 0 aliphatic carbocycles. The summed E-state index contributed by atoms with van der Waals surface area (Å²) in [5.41, 5.74) is 2.19. The molecule has 0 fully saturated rings. The van der Waals surface area contributed by atoms with Crippen molar-refractivity contribution in [2.24, 2.45) is 0 Å². The van der Waals surface area contributed by atoms with Gasteiger partial charge in [-0.3, -0.25) is 0 Å². The summed E-state index contributed by atoms with van der Waals surface area (Å²) in [7, 11) is 0. The van der Waals surface area contributed by atoms with Gasteiger partial charge >= 0.3 is 0 Å². The zero-order chi connectivity index (χ0) is 9.80. The fourth-order valence-electron chi connectivity index (χ4n) is 1.43. The van der Waals surface area contributed by atoms with Crippen LogP contribution < -0.4 is 0 Å². The second-order valence-electron chi connectivity index (χ2n) is 2.98. The van der Waals surface area contributed by atoms with Crippen LogP contribution in [0.15, 0.2) is 48.8 Å². The number of hydrogen-bond acceptors (Lipinski definition) is 0. The van der Waals surface area contributed by atoms with Gasteiger partial charge in [0.2, 0.25) is 0 Å². The van der Waals surface area contributed by atoms with Gasteiger partial charge in [0, 0.05) is 18.0 Å². The minimum absolute atomic E-state index is 1.06. The second-order valence-corrected chi connectivity index (χ2v) is 2.98. The lowest BCUT2D eigenvalue weighted by Crippen LogP contribution is -1.92. The van der Waals surface area contributed by atoms with E-state index in [9.17, 15) is 0 Å². The molecule has 0 bridgehead atoms. The van der Waals surface area contributed by atoms with E-state index >= 15 is 0 Å². The van der Waals surface area contributed by atoms with E-state index < -0.39 is 0 Å². The molecular formula is C13H11N. The third-order valence-electron chi connectivity index (χ3n) is 2.05. The van der Waals surface area contributed by atoms with E-state index in [2.05, 4.69) is 22.5 Å². The predicted molar refractivity (Wildman–Crippen MR) is 58.3 cm³/mol. The number of nitrogens with zero attached hydrogens (tertiary/aromatic N) is 1. The van der Waals surface area contributed by atoms with Gasteiger partial charge in [-0.25, -0.2) is 0 Å². The largest absolute Gasteiger partial charge is 0.323 e. The third kappa shape index (κ3) is 1.55. The van der Waals surface area contributed by atoms with E-state index in [1.54, 1.807) is 0 Å². The molecule has 0 unspecified atom stereocenters. The highest BCUT2D eigenvalue weighted by Gasteiger charge is 1.98. The number of aromatic nitrogens is 1. The molecule has 0 aliphatic rings. The predicted octanol–water partition coefficient (Wildman–Crippen LogP) is 2.85. The molecule has 0 amide bonds. The summed E-state index contributed by atoms with van der Waals surface area (Å²) >= 11 is 0. The summed E-state index contributed by atoms with van der Waals surface area (Å²) < 4.78 is 2.07. The van der Waals surface area contributed by atoms with Crippen LogP contribution in [0.2, 0.25) is 0 Å². The zero-order valence-electron chi connectivity index (χ0n) is 8.07. The first-order valence-electron chi connectivity index (χ1n) is 4.57. The van der Waals surface area contributed by atoms with Crippen molar-refractivity contribution in [3.8, 4) is 17.5 Å². The molecule has 0 N–H and O–H groups in total. The van der Waals surface area contributed by atoms with E-state index in [0.717, 1.165) is 11.3 Å². The zero-order valence-corrected chi connectivity index (χ0v) is 8.07. The molecule has 1 aromatic carbocycles. The van der Waals surface area contributed by atoms with Gasteiger partial charge in [-0.1, -0.05) is 18.1 Å². The Morgan fingerprint density at radius 1 is 1.00 bits per heavy atom. The van der Waals surface area contributed by atoms with Crippen molar-refractivity contribution in [3.05, 3.63) is 54.4 Å². The molecule has 1 aromatic heterocycles. The minimum Gasteiger partial charge on any atom is -0.323 e. The van der Waals surface area contributed by atoms with Crippen molar-refractivity contribution in [1.29, 1.82) is 0 Å². The SMILES string of the molecule is CC#Cc1ccccc1-n1cccc1. The Bertz CT molecular complexity index is 469. The Kier molecular flexibility index (Phi) is 2.38. The quantitative estimate of drug-likeness (QED) is 0.596. The maximum Gasteiger partial charge on any atom is 0.0606 e. The first-order chi connectivity index (χ1) is 6.92. The fourth-order valence-corrected chi connectivity index (χ4v) is 1.43. The van der Waals surface area contributed by atoms with Crippen molar-refractivity contribution >= 4 is 0 Å². The van der Waals surface area contributed by atoms with E-state index in [1.165, 1.54) is 0 Å². The van der Waals surface area contributed by atoms with Crippen LogP contribution in [0.5, 0.6) is 0 Å². The monoisotopic (exact) mass is 181 g/mol. The maximum atomic E-state index is 3.09. The number of rotatable bonds is 1. The van der Waals surface area contributed by atoms with Crippen LogP contribution in [0.3, 0.4) is 0 Å². The molecule has 0 aliphatic heterocycles. The molecule has 0 saturated heterocycles. The molecule has 14 heavy (non-hydrogen) atoms. The molecular weight excluding hydrogens is 170 g/mol. The summed E-state index contributed by atoms with van der Waals surface area (Å²) in [6.07, 6.45) is 4.05. The highest BCUT2D eigenvalue weighted by atomic mass is 14.9. The van der Waals surface area contributed by atoms with Crippen molar-refractivity contribution in [2.45, 2.75) is 6.92 Å². The highest BCUT2D eigenvalue weighted by molar-refractivity contribution is 5.51. The third-order valence-corrected chi connectivity index (χ3v) is 2.05. The first-order valence-corrected chi connectivity index (χ1v) is 4.57. The van der Waals surface area contributed by atoms with Gasteiger partial charge in [-0.05, 0) is 31.2 Å². The molecule has 2 aromatic rings. The van der Waals surface area contributed by atoms with Gasteiger partial charge in [0.05, 0.1) is 5.69 Å². The summed E-state index contributed by atoms with van der Waals surface area (Å²) in [4.78, 5) is 0. The average molecular weight is 181 g/mol. The van der Waals surface area contributed by atoms with Crippen LogP contribution in [0.25, 0.3) is 5.69 Å². The average Bonchev–Trinajstić information content (AvgIpc) is 2.72. The van der Waals surface area contributed by atoms with Gasteiger partial charge in [0.1, 0.15) is 0 Å². The smallest absolute Gasteiger partial charge is 0.0606 e. The topological polar surface area (TPSA) is 4.93 Å². The Morgan fingerprint density at radius 3 is 2.43 bits per heavy atom. The molecule has 1 heterocycles. The number of hydrogen-bond donors (Lipinski definition) is 0. The van der Waals surface area contributed by atoms with Crippen LogP contribution in [0.4, 0.5) is 0 Å². The van der Waals surface area contributed by atoms with Crippen LogP contribution in [0, 0.1) is 11.8 Å². The van der Waals surface area contributed by atoms with Gasteiger partial charge in [0.15, 0.2) is 0 Å². The standard InChI is InChI=1S/C13H11N/c1-2-7-12-8-3-4-9-13(12)14-10-5-6-11-14/h3-6,8-11H,1H3. The molecule has 0 atom stereocenters. The molecule has 0 saturated carbocycles. The van der Waals surface area contributed by atoms with Crippen LogP contribution in [0.1, 0.15) is 12.5 Å². The van der Waals surface area contributed by atoms with Crippen molar-refractivity contribution in [1.82, 2.24) is 4.57 Å². The number of benzene rings is 1. The molecule has 1 heteroatoms. The molecule has 1 nitrogen and oxygen atoms in total. The summed E-state index contributed by atoms with van der Waals surface area (Å²) in [6.45, 7) is 1.85. The summed E-state index contributed by atoms with van der Waals surface area (Å²) in [6, 6.07) is 12.2. The van der Waals surface area contributed by atoms with Crippen molar-refractivity contribution in [2.75, 3.05) is 0 Å². The fraction of sp³-hybridized carbons (Fsp3) is 0.0769. The van der Waals surface area contributed by atoms with Crippen molar-refractivity contribution < 1.29 is 0 Å². The van der Waals surface area contributed by atoms with E-state index in [1.807, 2.05) is 49.6 Å². The summed E-state index contributed by atoms with van der Waals surface area (Å²) in [5, 5.41) is 0. The van der Waals surface area contributed by atoms with Crippen LogP contribution >= 0.6 is 0 Å². The number of para-hydroxylation sites is 1. The maximum absolute atomic E-state index is 3.09. The first kappa shape index (κ1) is 8.65. The van der Waals surface area contributed by atoms with Gasteiger partial charge in [-0.2, -0.15) is 0 Å². The molecule has 2 rings (SSSR count). The minimum atomic E-state index is 1.06. The Labute approximate surface area is 84.0 Å². The van der Waals surface area contributed by atoms with Gasteiger partial charge < -0.3 is 4.57 Å². The van der Waals surface area contributed by atoms with Gasteiger partial charge in [0.25, 0.3) is 0 Å².